The van der Waals surface area contributed by atoms with Gasteiger partial charge >= 0.3 is 5.97 Å². The summed E-state index contributed by atoms with van der Waals surface area (Å²) in [7, 11) is 1.34. The Labute approximate surface area is 167 Å². The monoisotopic (exact) mass is 392 g/mol. The molecule has 156 valence electrons. The smallest absolute Gasteiger partial charge is 0.337 e. The molecule has 0 saturated heterocycles. The number of nitrogens with one attached hydrogen (secondary N) is 2. The number of anilines is 1. The van der Waals surface area contributed by atoms with Crippen molar-refractivity contribution in [3.05, 3.63) is 29.8 Å². The van der Waals surface area contributed by atoms with Crippen LogP contribution < -0.4 is 10.6 Å². The standard InChI is InChI=1S/C22H33FN2O3/c1-7-16-18(17(23)8-2)13(3)19(16)24-21(27)22(4,5)25-15-11-9-14(10-12-15)20(26)28-6/h9-13,16-19,25H,7-8H2,1-6H3,(H,24,27)/t13-,16+,17-,18?,19?/m1/s1. The third kappa shape index (κ3) is 4.47. The lowest BCUT2D eigenvalue weighted by Gasteiger charge is -2.52. The average molecular weight is 393 g/mol. The van der Waals surface area contributed by atoms with Gasteiger partial charge in [-0.25, -0.2) is 9.18 Å². The fraction of sp³-hybridized carbons (Fsp3) is 0.636. The van der Waals surface area contributed by atoms with E-state index >= 15 is 0 Å². The molecular weight excluding hydrogens is 359 g/mol. The Bertz CT molecular complexity index is 690. The first kappa shape index (κ1) is 22.2. The molecule has 5 nitrogen and oxygen atoms in total. The summed E-state index contributed by atoms with van der Waals surface area (Å²) < 4.78 is 18.9. The zero-order chi connectivity index (χ0) is 21.1. The molecule has 2 unspecified atom stereocenters. The molecule has 0 aliphatic heterocycles. The minimum Gasteiger partial charge on any atom is -0.465 e. The molecule has 2 N–H and O–H groups in total. The van der Waals surface area contributed by atoms with Crippen molar-refractivity contribution < 1.29 is 18.7 Å². The van der Waals surface area contributed by atoms with E-state index in [0.29, 0.717) is 12.0 Å². The Morgan fingerprint density at radius 3 is 2.32 bits per heavy atom. The first-order valence-corrected chi connectivity index (χ1v) is 10.1. The lowest BCUT2D eigenvalue weighted by atomic mass is 9.58. The van der Waals surface area contributed by atoms with Gasteiger partial charge in [-0.05, 0) is 62.3 Å². The van der Waals surface area contributed by atoms with Gasteiger partial charge in [-0.2, -0.15) is 0 Å². The number of amides is 1. The first-order valence-electron chi connectivity index (χ1n) is 10.1. The first-order chi connectivity index (χ1) is 13.2. The van der Waals surface area contributed by atoms with Crippen LogP contribution in [-0.2, 0) is 9.53 Å². The molecule has 1 saturated carbocycles. The van der Waals surface area contributed by atoms with Crippen LogP contribution in [0.2, 0.25) is 0 Å². The molecule has 1 aromatic carbocycles. The molecule has 1 amide bonds. The highest BCUT2D eigenvalue weighted by molar-refractivity contribution is 5.91. The number of ether oxygens (including phenoxy) is 1. The highest BCUT2D eigenvalue weighted by Crippen LogP contribution is 2.46. The predicted molar refractivity (Wildman–Crippen MR) is 109 cm³/mol. The van der Waals surface area contributed by atoms with Gasteiger partial charge in [-0.3, -0.25) is 4.79 Å². The summed E-state index contributed by atoms with van der Waals surface area (Å²) in [5, 5.41) is 6.34. The molecular formula is C22H33FN2O3. The minimum absolute atomic E-state index is 0.00456. The number of esters is 1. The van der Waals surface area contributed by atoms with Crippen LogP contribution in [0.3, 0.4) is 0 Å². The summed E-state index contributed by atoms with van der Waals surface area (Å²) in [5.74, 6) is -0.212. The highest BCUT2D eigenvalue weighted by atomic mass is 19.1. The van der Waals surface area contributed by atoms with Gasteiger partial charge in [0.05, 0.1) is 12.7 Å². The maximum absolute atomic E-state index is 14.3. The molecule has 2 rings (SSSR count). The highest BCUT2D eigenvalue weighted by Gasteiger charge is 2.51. The molecule has 0 radical (unpaired) electrons. The maximum Gasteiger partial charge on any atom is 0.337 e. The van der Waals surface area contributed by atoms with Crippen LogP contribution in [-0.4, -0.2) is 36.7 Å². The van der Waals surface area contributed by atoms with E-state index in [-0.39, 0.29) is 29.7 Å². The molecule has 1 aliphatic rings. The number of carbonyl (C=O) groups is 2. The maximum atomic E-state index is 14.3. The SMILES string of the molecule is CC[C@@H]1C(NC(=O)C(C)(C)Nc2ccc(C(=O)OC)cc2)[C@H](C)C1[C@H](F)CC. The van der Waals surface area contributed by atoms with Crippen LogP contribution in [0.5, 0.6) is 0 Å². The van der Waals surface area contributed by atoms with Gasteiger partial charge in [0.1, 0.15) is 11.7 Å². The average Bonchev–Trinajstić information content (AvgIpc) is 2.68. The molecule has 5 atom stereocenters. The Hall–Kier alpha value is -2.11. The van der Waals surface area contributed by atoms with Gasteiger partial charge in [-0.15, -0.1) is 0 Å². The van der Waals surface area contributed by atoms with Crippen molar-refractivity contribution in [3.8, 4) is 0 Å². The number of rotatable bonds is 8. The summed E-state index contributed by atoms with van der Waals surface area (Å²) in [5.41, 5.74) is 0.330. The van der Waals surface area contributed by atoms with E-state index in [1.165, 1.54) is 7.11 Å². The second-order valence-corrected chi connectivity index (χ2v) is 8.25. The summed E-state index contributed by atoms with van der Waals surface area (Å²) in [6, 6.07) is 6.79. The minimum atomic E-state index is -0.851. The van der Waals surface area contributed by atoms with Gasteiger partial charge in [0, 0.05) is 11.7 Å². The molecule has 1 aromatic rings. The Kier molecular flexibility index (Phi) is 7.07. The largest absolute Gasteiger partial charge is 0.465 e. The second-order valence-electron chi connectivity index (χ2n) is 8.25. The van der Waals surface area contributed by atoms with E-state index < -0.39 is 17.7 Å². The number of halogens is 1. The molecule has 1 fully saturated rings. The number of benzene rings is 1. The normalized spacial score (nSPS) is 25.4. The Morgan fingerprint density at radius 1 is 1.21 bits per heavy atom. The van der Waals surface area contributed by atoms with Gasteiger partial charge in [0.15, 0.2) is 0 Å². The van der Waals surface area contributed by atoms with Crippen LogP contribution in [0.1, 0.15) is 57.8 Å². The molecule has 0 heterocycles. The predicted octanol–water partition coefficient (Wildman–Crippen LogP) is 4.19. The van der Waals surface area contributed by atoms with Gasteiger partial charge in [-0.1, -0.05) is 27.2 Å². The van der Waals surface area contributed by atoms with Crippen molar-refractivity contribution in [2.75, 3.05) is 12.4 Å². The zero-order valence-electron chi connectivity index (χ0n) is 17.7. The van der Waals surface area contributed by atoms with E-state index in [1.54, 1.807) is 24.3 Å². The summed E-state index contributed by atoms with van der Waals surface area (Å²) in [6.45, 7) is 9.56. The molecule has 6 heteroatoms. The number of alkyl halides is 1. The van der Waals surface area contributed by atoms with Crippen molar-refractivity contribution in [3.63, 3.8) is 0 Å². The molecule has 0 bridgehead atoms. The van der Waals surface area contributed by atoms with E-state index in [2.05, 4.69) is 17.6 Å². The van der Waals surface area contributed by atoms with Crippen molar-refractivity contribution in [2.24, 2.45) is 17.8 Å². The molecule has 1 aliphatic carbocycles. The molecule has 28 heavy (non-hydrogen) atoms. The summed E-state index contributed by atoms with van der Waals surface area (Å²) >= 11 is 0. The van der Waals surface area contributed by atoms with E-state index in [1.807, 2.05) is 27.7 Å². The Morgan fingerprint density at radius 2 is 1.82 bits per heavy atom. The molecule has 0 aromatic heterocycles. The zero-order valence-corrected chi connectivity index (χ0v) is 17.7. The Balaban J connectivity index is 2.01. The van der Waals surface area contributed by atoms with Crippen molar-refractivity contribution >= 4 is 17.6 Å². The number of carbonyl (C=O) groups excluding carboxylic acids is 2. The topological polar surface area (TPSA) is 67.4 Å². The van der Waals surface area contributed by atoms with Gasteiger partial charge in [0.25, 0.3) is 0 Å². The summed E-state index contributed by atoms with van der Waals surface area (Å²) in [4.78, 5) is 24.4. The lowest BCUT2D eigenvalue weighted by molar-refractivity contribution is -0.130. The van der Waals surface area contributed by atoms with Gasteiger partial charge in [0.2, 0.25) is 5.91 Å². The van der Waals surface area contributed by atoms with E-state index in [0.717, 1.165) is 12.1 Å². The van der Waals surface area contributed by atoms with Crippen LogP contribution >= 0.6 is 0 Å². The van der Waals surface area contributed by atoms with Crippen LogP contribution in [0, 0.1) is 17.8 Å². The number of hydrogen-bond donors (Lipinski definition) is 2. The van der Waals surface area contributed by atoms with Crippen LogP contribution in [0.4, 0.5) is 10.1 Å². The van der Waals surface area contributed by atoms with Crippen LogP contribution in [0.25, 0.3) is 0 Å². The van der Waals surface area contributed by atoms with Crippen LogP contribution in [0.15, 0.2) is 24.3 Å². The van der Waals surface area contributed by atoms with Crippen molar-refractivity contribution in [1.29, 1.82) is 0 Å². The van der Waals surface area contributed by atoms with Gasteiger partial charge < -0.3 is 15.4 Å². The third-order valence-electron chi connectivity index (χ3n) is 6.04. The number of methoxy groups -OCH3 is 1. The quantitative estimate of drug-likeness (QED) is 0.651. The fourth-order valence-electron chi connectivity index (χ4n) is 4.30. The van der Waals surface area contributed by atoms with Crippen molar-refractivity contribution in [2.45, 2.75) is 65.2 Å². The van der Waals surface area contributed by atoms with Crippen molar-refractivity contribution in [1.82, 2.24) is 5.32 Å². The molecule has 0 spiro atoms. The lowest BCUT2D eigenvalue weighted by Crippen LogP contribution is -2.64. The second kappa shape index (κ2) is 8.93. The van der Waals surface area contributed by atoms with E-state index in [9.17, 15) is 14.0 Å². The van der Waals surface area contributed by atoms with E-state index in [4.69, 9.17) is 4.74 Å². The third-order valence-corrected chi connectivity index (χ3v) is 6.04. The fourth-order valence-corrected chi connectivity index (χ4v) is 4.30. The number of hydrogen-bond acceptors (Lipinski definition) is 4. The summed E-state index contributed by atoms with van der Waals surface area (Å²) in [6.07, 6.45) is 0.553.